The number of aromatic nitrogens is 1. The van der Waals surface area contributed by atoms with E-state index in [0.29, 0.717) is 23.9 Å². The number of hydrogen-bond acceptors (Lipinski definition) is 3. The van der Waals surface area contributed by atoms with Crippen molar-refractivity contribution in [1.29, 1.82) is 0 Å². The minimum Gasteiger partial charge on any atom is -0.481 e. The first-order chi connectivity index (χ1) is 12.9. The van der Waals surface area contributed by atoms with Gasteiger partial charge in [0.15, 0.2) is 0 Å². The van der Waals surface area contributed by atoms with Crippen LogP contribution in [0.1, 0.15) is 34.7 Å². The van der Waals surface area contributed by atoms with E-state index in [4.69, 9.17) is 21.3 Å². The number of benzene rings is 2. The molecule has 27 heavy (non-hydrogen) atoms. The van der Waals surface area contributed by atoms with Gasteiger partial charge < -0.3 is 9.84 Å². The Balaban J connectivity index is 2.21. The summed E-state index contributed by atoms with van der Waals surface area (Å²) >= 11 is 6.00. The van der Waals surface area contributed by atoms with Crippen LogP contribution >= 0.6 is 11.6 Å². The second-order valence-corrected chi connectivity index (χ2v) is 7.08. The number of ether oxygens (including phenoxy) is 1. The summed E-state index contributed by atoms with van der Waals surface area (Å²) in [7, 11) is 0. The molecule has 140 valence electrons. The zero-order valence-electron chi connectivity index (χ0n) is 15.7. The fourth-order valence-corrected chi connectivity index (χ4v) is 3.55. The van der Waals surface area contributed by atoms with Gasteiger partial charge in [0.25, 0.3) is 0 Å². The highest BCUT2D eigenvalue weighted by atomic mass is 35.5. The third-order valence-electron chi connectivity index (χ3n) is 4.57. The molecule has 0 spiro atoms. The van der Waals surface area contributed by atoms with Crippen molar-refractivity contribution in [3.05, 3.63) is 69.2 Å². The van der Waals surface area contributed by atoms with E-state index >= 15 is 0 Å². The van der Waals surface area contributed by atoms with Crippen molar-refractivity contribution in [2.75, 3.05) is 6.61 Å². The maximum absolute atomic E-state index is 11.4. The molecular weight excluding hydrogens is 362 g/mol. The molecule has 0 aliphatic rings. The van der Waals surface area contributed by atoms with E-state index in [1.807, 2.05) is 57.2 Å². The first kappa shape index (κ1) is 19.2. The van der Waals surface area contributed by atoms with Crippen LogP contribution in [0.5, 0.6) is 5.88 Å². The van der Waals surface area contributed by atoms with Crippen molar-refractivity contribution < 1.29 is 14.6 Å². The van der Waals surface area contributed by atoms with Crippen LogP contribution in [0.4, 0.5) is 0 Å². The van der Waals surface area contributed by atoms with Crippen LogP contribution in [0.15, 0.2) is 36.4 Å². The van der Waals surface area contributed by atoms with Crippen LogP contribution < -0.4 is 4.74 Å². The molecule has 0 bridgehead atoms. The molecule has 4 nitrogen and oxygen atoms in total. The summed E-state index contributed by atoms with van der Waals surface area (Å²) < 4.78 is 5.83. The molecule has 0 saturated carbocycles. The average molecular weight is 384 g/mol. The molecule has 3 rings (SSSR count). The smallest absolute Gasteiger partial charge is 0.307 e. The zero-order chi connectivity index (χ0) is 19.6. The van der Waals surface area contributed by atoms with Gasteiger partial charge in [-0.2, -0.15) is 0 Å². The van der Waals surface area contributed by atoms with Gasteiger partial charge in [-0.25, -0.2) is 4.98 Å². The molecule has 0 amide bonds. The molecule has 0 radical (unpaired) electrons. The Morgan fingerprint density at radius 3 is 2.52 bits per heavy atom. The van der Waals surface area contributed by atoms with Crippen LogP contribution in [-0.2, 0) is 17.6 Å². The zero-order valence-corrected chi connectivity index (χ0v) is 16.4. The fourth-order valence-electron chi connectivity index (χ4n) is 3.42. The number of hydrogen-bond donors (Lipinski definition) is 1. The van der Waals surface area contributed by atoms with Gasteiger partial charge in [0.2, 0.25) is 5.88 Å². The third-order valence-corrected chi connectivity index (χ3v) is 4.82. The van der Waals surface area contributed by atoms with E-state index in [-0.39, 0.29) is 6.42 Å². The van der Waals surface area contributed by atoms with Gasteiger partial charge in [0.05, 0.1) is 18.5 Å². The monoisotopic (exact) mass is 383 g/mol. The van der Waals surface area contributed by atoms with Crippen LogP contribution in [0.25, 0.3) is 10.9 Å². The van der Waals surface area contributed by atoms with Crippen LogP contribution in [0, 0.1) is 13.8 Å². The van der Waals surface area contributed by atoms with Crippen molar-refractivity contribution >= 4 is 28.5 Å². The largest absolute Gasteiger partial charge is 0.481 e. The number of nitrogens with zero attached hydrogens (tertiary/aromatic N) is 1. The number of aliphatic carboxylic acids is 1. The van der Waals surface area contributed by atoms with E-state index in [9.17, 15) is 9.90 Å². The Bertz CT molecular complexity index is 997. The SMILES string of the molecule is CCOc1nc2cc(C)cc(CC(=O)O)c2c(C)c1Cc1ccc(Cl)cc1. The van der Waals surface area contributed by atoms with E-state index in [1.165, 1.54) is 0 Å². The summed E-state index contributed by atoms with van der Waals surface area (Å²) in [5, 5.41) is 10.9. The highest BCUT2D eigenvalue weighted by molar-refractivity contribution is 6.30. The van der Waals surface area contributed by atoms with Gasteiger partial charge in [-0.05, 0) is 61.2 Å². The molecular formula is C22H22ClNO3. The molecule has 2 aromatic carbocycles. The quantitative estimate of drug-likeness (QED) is 0.641. The highest BCUT2D eigenvalue weighted by Gasteiger charge is 2.18. The van der Waals surface area contributed by atoms with Crippen molar-refractivity contribution in [1.82, 2.24) is 4.98 Å². The number of rotatable bonds is 6. The van der Waals surface area contributed by atoms with Gasteiger partial charge >= 0.3 is 5.97 Å². The van der Waals surface area contributed by atoms with E-state index in [2.05, 4.69) is 0 Å². The van der Waals surface area contributed by atoms with Crippen molar-refractivity contribution in [2.45, 2.75) is 33.6 Å². The molecule has 0 aliphatic carbocycles. The number of pyridine rings is 1. The fraction of sp³-hybridized carbons (Fsp3) is 0.273. The Hall–Kier alpha value is -2.59. The summed E-state index contributed by atoms with van der Waals surface area (Å²) in [5.74, 6) is -0.251. The topological polar surface area (TPSA) is 59.4 Å². The second kappa shape index (κ2) is 7.97. The molecule has 0 atom stereocenters. The van der Waals surface area contributed by atoms with Crippen LogP contribution in [0.3, 0.4) is 0 Å². The number of carboxylic acid groups (broad SMARTS) is 1. The Morgan fingerprint density at radius 1 is 1.19 bits per heavy atom. The van der Waals surface area contributed by atoms with E-state index in [0.717, 1.165) is 38.7 Å². The summed E-state index contributed by atoms with van der Waals surface area (Å²) in [4.78, 5) is 16.1. The molecule has 0 unspecified atom stereocenters. The summed E-state index contributed by atoms with van der Waals surface area (Å²) in [6, 6.07) is 11.6. The Labute approximate surface area is 163 Å². The van der Waals surface area contributed by atoms with Gasteiger partial charge in [-0.15, -0.1) is 0 Å². The van der Waals surface area contributed by atoms with Crippen molar-refractivity contribution in [2.24, 2.45) is 0 Å². The lowest BCUT2D eigenvalue weighted by molar-refractivity contribution is -0.136. The van der Waals surface area contributed by atoms with Crippen molar-refractivity contribution in [3.8, 4) is 5.88 Å². The van der Waals surface area contributed by atoms with Crippen LogP contribution in [0.2, 0.25) is 5.02 Å². The van der Waals surface area contributed by atoms with Gasteiger partial charge in [0, 0.05) is 22.4 Å². The number of carboxylic acids is 1. The summed E-state index contributed by atoms with van der Waals surface area (Å²) in [6.07, 6.45) is 0.608. The normalized spacial score (nSPS) is 11.0. The number of carbonyl (C=O) groups is 1. The van der Waals surface area contributed by atoms with E-state index in [1.54, 1.807) is 0 Å². The second-order valence-electron chi connectivity index (χ2n) is 6.65. The lowest BCUT2D eigenvalue weighted by atomic mass is 9.93. The maximum atomic E-state index is 11.4. The molecule has 0 saturated heterocycles. The lowest BCUT2D eigenvalue weighted by Gasteiger charge is -2.17. The molecule has 5 heteroatoms. The standard InChI is InChI=1S/C22H22ClNO3/c1-4-27-22-18(11-15-5-7-17(23)8-6-15)14(3)21-16(12-20(25)26)9-13(2)10-19(21)24-22/h5-10H,4,11-12H2,1-3H3,(H,25,26). The van der Waals surface area contributed by atoms with E-state index < -0.39 is 5.97 Å². The molecule has 0 aliphatic heterocycles. The lowest BCUT2D eigenvalue weighted by Crippen LogP contribution is -2.07. The van der Waals surface area contributed by atoms with Crippen LogP contribution in [-0.4, -0.2) is 22.7 Å². The molecule has 1 aromatic heterocycles. The first-order valence-electron chi connectivity index (χ1n) is 8.90. The molecule has 3 aromatic rings. The first-order valence-corrected chi connectivity index (χ1v) is 9.28. The number of aryl methyl sites for hydroxylation is 2. The highest BCUT2D eigenvalue weighted by Crippen LogP contribution is 2.33. The number of fused-ring (bicyclic) bond motifs is 1. The average Bonchev–Trinajstić information content (AvgIpc) is 2.59. The minimum absolute atomic E-state index is 0.0327. The van der Waals surface area contributed by atoms with Gasteiger partial charge in [-0.1, -0.05) is 29.8 Å². The minimum atomic E-state index is -0.852. The predicted octanol–water partition coefficient (Wildman–Crippen LogP) is 5.12. The van der Waals surface area contributed by atoms with Crippen molar-refractivity contribution in [3.63, 3.8) is 0 Å². The molecule has 1 N–H and O–H groups in total. The summed E-state index contributed by atoms with van der Waals surface area (Å²) in [5.41, 5.74) is 5.61. The summed E-state index contributed by atoms with van der Waals surface area (Å²) in [6.45, 7) is 6.40. The number of halogens is 1. The van der Waals surface area contributed by atoms with Gasteiger partial charge in [0.1, 0.15) is 0 Å². The third kappa shape index (κ3) is 4.22. The van der Waals surface area contributed by atoms with Gasteiger partial charge in [-0.3, -0.25) is 4.79 Å². The molecule has 1 heterocycles. The maximum Gasteiger partial charge on any atom is 0.307 e. The Morgan fingerprint density at radius 2 is 1.89 bits per heavy atom. The predicted molar refractivity (Wildman–Crippen MR) is 108 cm³/mol. The Kier molecular flexibility index (Phi) is 5.66. The molecule has 0 fully saturated rings.